The molecule has 0 spiro atoms. The van der Waals surface area contributed by atoms with Crippen molar-refractivity contribution in [3.63, 3.8) is 0 Å². The van der Waals surface area contributed by atoms with Crippen LogP contribution >= 0.6 is 0 Å². The van der Waals surface area contributed by atoms with Crippen molar-refractivity contribution in [2.75, 3.05) is 20.0 Å². The Morgan fingerprint density at radius 3 is 2.30 bits per heavy atom. The molecule has 1 aromatic rings. The second-order valence-corrected chi connectivity index (χ2v) is 7.95. The maximum absolute atomic E-state index is 11.7. The van der Waals surface area contributed by atoms with E-state index in [0.717, 1.165) is 18.4 Å². The summed E-state index contributed by atoms with van der Waals surface area (Å²) in [4.78, 5) is 22.9. The molecule has 0 bridgehead atoms. The standard InChI is InChI=1S/C24H32O6/c1-17(2)24(26)28-12-11-27-23(25)10-7-20-5-8-21(9-6-20)29-16-30-22-14-18(3)13-19(4)15-22/h5-10,18-19,22H,1,11-16H2,2-4H3/b10-7+. The number of carbonyl (C=O) groups is 2. The van der Waals surface area contributed by atoms with Gasteiger partial charge in [-0.15, -0.1) is 0 Å². The molecular formula is C24H32O6. The zero-order chi connectivity index (χ0) is 21.9. The van der Waals surface area contributed by atoms with Gasteiger partial charge in [-0.3, -0.25) is 0 Å². The Morgan fingerprint density at radius 1 is 1.03 bits per heavy atom. The van der Waals surface area contributed by atoms with Gasteiger partial charge >= 0.3 is 11.9 Å². The van der Waals surface area contributed by atoms with Crippen molar-refractivity contribution in [2.24, 2.45) is 11.8 Å². The summed E-state index contributed by atoms with van der Waals surface area (Å²) >= 11 is 0. The van der Waals surface area contributed by atoms with Crippen molar-refractivity contribution in [1.82, 2.24) is 0 Å². The van der Waals surface area contributed by atoms with Crippen LogP contribution in [0.5, 0.6) is 5.75 Å². The number of esters is 2. The third kappa shape index (κ3) is 8.82. The highest BCUT2D eigenvalue weighted by atomic mass is 16.7. The van der Waals surface area contributed by atoms with Crippen LogP contribution < -0.4 is 4.74 Å². The normalized spacial score (nSPS) is 21.2. The number of ether oxygens (including phenoxy) is 4. The molecule has 0 aliphatic heterocycles. The van der Waals surface area contributed by atoms with Gasteiger partial charge in [0.2, 0.25) is 0 Å². The highest BCUT2D eigenvalue weighted by Crippen LogP contribution is 2.30. The fourth-order valence-electron chi connectivity index (χ4n) is 3.49. The molecule has 1 aliphatic rings. The SMILES string of the molecule is C=C(C)C(=O)OCCOC(=O)/C=C/c1ccc(OCOC2CC(C)CC(C)C2)cc1. The lowest BCUT2D eigenvalue weighted by molar-refractivity contribution is -0.146. The van der Waals surface area contributed by atoms with Crippen LogP contribution in [0.2, 0.25) is 0 Å². The van der Waals surface area contributed by atoms with Gasteiger partial charge in [0.15, 0.2) is 6.79 Å². The Labute approximate surface area is 178 Å². The van der Waals surface area contributed by atoms with Gasteiger partial charge in [-0.05, 0) is 61.8 Å². The molecule has 1 fully saturated rings. The topological polar surface area (TPSA) is 71.1 Å². The number of rotatable bonds is 10. The molecule has 2 atom stereocenters. The van der Waals surface area contributed by atoms with Crippen molar-refractivity contribution in [3.8, 4) is 5.75 Å². The summed E-state index contributed by atoms with van der Waals surface area (Å²) in [5.41, 5.74) is 1.14. The highest BCUT2D eigenvalue weighted by Gasteiger charge is 2.24. The average molecular weight is 417 g/mol. The lowest BCUT2D eigenvalue weighted by atomic mass is 9.82. The zero-order valence-electron chi connectivity index (χ0n) is 18.1. The van der Waals surface area contributed by atoms with Crippen molar-refractivity contribution >= 4 is 18.0 Å². The summed E-state index contributed by atoms with van der Waals surface area (Å²) in [6.45, 7) is 9.80. The molecule has 2 rings (SSSR count). The lowest BCUT2D eigenvalue weighted by Gasteiger charge is -2.31. The van der Waals surface area contributed by atoms with E-state index >= 15 is 0 Å². The van der Waals surface area contributed by atoms with Gasteiger partial charge in [-0.1, -0.05) is 32.6 Å². The first-order chi connectivity index (χ1) is 14.3. The Bertz CT molecular complexity index is 727. The molecule has 1 aliphatic carbocycles. The average Bonchev–Trinajstić information content (AvgIpc) is 2.69. The van der Waals surface area contributed by atoms with Crippen molar-refractivity contribution in [1.29, 1.82) is 0 Å². The maximum Gasteiger partial charge on any atom is 0.333 e. The largest absolute Gasteiger partial charge is 0.468 e. The van der Waals surface area contributed by atoms with Crippen molar-refractivity contribution in [2.45, 2.75) is 46.1 Å². The fourth-order valence-corrected chi connectivity index (χ4v) is 3.49. The van der Waals surface area contributed by atoms with Crippen molar-refractivity contribution < 1.29 is 28.5 Å². The van der Waals surface area contributed by atoms with Gasteiger partial charge in [0.1, 0.15) is 19.0 Å². The van der Waals surface area contributed by atoms with E-state index in [0.29, 0.717) is 23.2 Å². The minimum Gasteiger partial charge on any atom is -0.468 e. The van der Waals surface area contributed by atoms with Crippen LogP contribution in [0.1, 0.15) is 45.6 Å². The Balaban J connectivity index is 1.66. The molecule has 6 nitrogen and oxygen atoms in total. The number of benzene rings is 1. The molecule has 1 saturated carbocycles. The van der Waals surface area contributed by atoms with E-state index in [1.165, 1.54) is 12.5 Å². The molecule has 2 unspecified atom stereocenters. The summed E-state index contributed by atoms with van der Waals surface area (Å²) in [5, 5.41) is 0. The predicted octanol–water partition coefficient (Wildman–Crippen LogP) is 4.54. The molecule has 6 heteroatoms. The molecule has 0 radical (unpaired) electrons. The smallest absolute Gasteiger partial charge is 0.333 e. The van der Waals surface area contributed by atoms with E-state index < -0.39 is 11.9 Å². The van der Waals surface area contributed by atoms with Crippen LogP contribution in [0.25, 0.3) is 6.08 Å². The second-order valence-electron chi connectivity index (χ2n) is 7.95. The number of hydrogen-bond acceptors (Lipinski definition) is 6. The summed E-state index contributed by atoms with van der Waals surface area (Å²) < 4.78 is 21.4. The molecule has 0 N–H and O–H groups in total. The third-order valence-electron chi connectivity index (χ3n) is 4.87. The molecular weight excluding hydrogens is 384 g/mol. The lowest BCUT2D eigenvalue weighted by Crippen LogP contribution is -2.27. The van der Waals surface area contributed by atoms with Crippen LogP contribution in [-0.2, 0) is 23.8 Å². The molecule has 0 aromatic heterocycles. The minimum atomic E-state index is -0.508. The summed E-state index contributed by atoms with van der Waals surface area (Å²) in [5.74, 6) is 1.10. The first-order valence-corrected chi connectivity index (χ1v) is 10.4. The molecule has 1 aromatic carbocycles. The minimum absolute atomic E-state index is 0.00192. The predicted molar refractivity (Wildman–Crippen MR) is 115 cm³/mol. The van der Waals surface area contributed by atoms with Crippen molar-refractivity contribution in [3.05, 3.63) is 48.1 Å². The van der Waals surface area contributed by atoms with E-state index in [2.05, 4.69) is 20.4 Å². The zero-order valence-corrected chi connectivity index (χ0v) is 18.1. The molecule has 164 valence electrons. The van der Waals surface area contributed by atoms with E-state index in [-0.39, 0.29) is 26.1 Å². The summed E-state index contributed by atoms with van der Waals surface area (Å²) in [7, 11) is 0. The Hall–Kier alpha value is -2.60. The monoisotopic (exact) mass is 416 g/mol. The summed E-state index contributed by atoms with van der Waals surface area (Å²) in [6, 6.07) is 7.35. The van der Waals surface area contributed by atoms with Gasteiger partial charge in [0.25, 0.3) is 0 Å². The Morgan fingerprint density at radius 2 is 1.67 bits per heavy atom. The van der Waals surface area contributed by atoms with E-state index in [4.69, 9.17) is 18.9 Å². The van der Waals surface area contributed by atoms with E-state index in [1.54, 1.807) is 13.0 Å². The molecule has 0 heterocycles. The van der Waals surface area contributed by atoms with Gasteiger partial charge in [0, 0.05) is 11.6 Å². The molecule has 0 amide bonds. The van der Waals surface area contributed by atoms with Gasteiger partial charge < -0.3 is 18.9 Å². The second kappa shape index (κ2) is 12.2. The van der Waals surface area contributed by atoms with Gasteiger partial charge in [0.05, 0.1) is 6.10 Å². The molecule has 0 saturated heterocycles. The third-order valence-corrected chi connectivity index (χ3v) is 4.87. The van der Waals surface area contributed by atoms with Crippen LogP contribution in [0.15, 0.2) is 42.5 Å². The van der Waals surface area contributed by atoms with Gasteiger partial charge in [-0.2, -0.15) is 0 Å². The van der Waals surface area contributed by atoms with E-state index in [1.807, 2.05) is 24.3 Å². The number of carbonyl (C=O) groups excluding carboxylic acids is 2. The van der Waals surface area contributed by atoms with Gasteiger partial charge in [-0.25, -0.2) is 9.59 Å². The first kappa shape index (κ1) is 23.7. The molecule has 30 heavy (non-hydrogen) atoms. The van der Waals surface area contributed by atoms with Crippen LogP contribution in [-0.4, -0.2) is 38.0 Å². The maximum atomic E-state index is 11.7. The van der Waals surface area contributed by atoms with Crippen LogP contribution in [0.3, 0.4) is 0 Å². The summed E-state index contributed by atoms with van der Waals surface area (Å²) in [6.07, 6.45) is 6.68. The van der Waals surface area contributed by atoms with E-state index in [9.17, 15) is 9.59 Å². The quantitative estimate of drug-likeness (QED) is 0.241. The van der Waals surface area contributed by atoms with Crippen LogP contribution in [0, 0.1) is 11.8 Å². The fraction of sp³-hybridized carbons (Fsp3) is 0.500. The first-order valence-electron chi connectivity index (χ1n) is 10.4. The highest BCUT2D eigenvalue weighted by molar-refractivity contribution is 5.87. The Kier molecular flexibility index (Phi) is 9.61. The number of hydrogen-bond donors (Lipinski definition) is 0. The van der Waals surface area contributed by atoms with Crippen LogP contribution in [0.4, 0.5) is 0 Å².